The highest BCUT2D eigenvalue weighted by atomic mass is 14.9. The average molecular weight is 568 g/mol. The van der Waals surface area contributed by atoms with Gasteiger partial charge in [-0.3, -0.25) is 9.97 Å². The van der Waals surface area contributed by atoms with Crippen LogP contribution >= 0.6 is 0 Å². The van der Waals surface area contributed by atoms with Crippen LogP contribution in [-0.2, 0) is 12.8 Å². The molecule has 0 fully saturated rings. The van der Waals surface area contributed by atoms with E-state index in [1.54, 1.807) is 0 Å². The molecule has 5 heteroatoms. The van der Waals surface area contributed by atoms with Crippen LogP contribution < -0.4 is 0 Å². The molecule has 5 nitrogen and oxygen atoms in total. The number of rotatable bonds is 3. The minimum absolute atomic E-state index is 0.454. The topological polar surface area (TPSA) is 64.5 Å². The Morgan fingerprint density at radius 3 is 2.30 bits per heavy atom. The Balaban J connectivity index is 0.999. The predicted molar refractivity (Wildman–Crippen MR) is 174 cm³/mol. The Bertz CT molecular complexity index is 2080. The summed E-state index contributed by atoms with van der Waals surface area (Å²) in [6.45, 7) is 0. The van der Waals surface area contributed by atoms with Crippen LogP contribution in [0.2, 0.25) is 0 Å². The van der Waals surface area contributed by atoms with Gasteiger partial charge in [0.2, 0.25) is 0 Å². The summed E-state index contributed by atoms with van der Waals surface area (Å²) in [7, 11) is 0. The molecule has 3 aliphatic rings. The maximum atomic E-state index is 4.93. The molecule has 0 amide bonds. The van der Waals surface area contributed by atoms with Crippen LogP contribution in [0.1, 0.15) is 46.9 Å². The number of benzene rings is 2. The summed E-state index contributed by atoms with van der Waals surface area (Å²) in [4.78, 5) is 23.7. The van der Waals surface area contributed by atoms with Crippen molar-refractivity contribution in [1.29, 1.82) is 0 Å². The number of fused-ring (bicyclic) bond motifs is 9. The maximum Gasteiger partial charge on any atom is 0.178 e. The van der Waals surface area contributed by atoms with Gasteiger partial charge in [-0.15, -0.1) is 0 Å². The molecule has 2 aromatic carbocycles. The van der Waals surface area contributed by atoms with Crippen molar-refractivity contribution in [3.05, 3.63) is 138 Å². The van der Waals surface area contributed by atoms with Gasteiger partial charge in [-0.2, -0.15) is 0 Å². The first-order chi connectivity index (χ1) is 21.8. The van der Waals surface area contributed by atoms with Crippen molar-refractivity contribution in [1.82, 2.24) is 24.9 Å². The highest BCUT2D eigenvalue weighted by Crippen LogP contribution is 2.51. The van der Waals surface area contributed by atoms with Gasteiger partial charge < -0.3 is 0 Å². The van der Waals surface area contributed by atoms with Crippen LogP contribution in [0.15, 0.2) is 116 Å². The summed E-state index contributed by atoms with van der Waals surface area (Å²) >= 11 is 0. The van der Waals surface area contributed by atoms with E-state index in [-0.39, 0.29) is 0 Å². The first kappa shape index (κ1) is 25.2. The SMILES string of the molecule is C1=CC2c3ccc(-c4ccc(-c5cnc(-c6ccc7c(n6)-c6ncccc6CC7)nc5)nc4)cc3-c3ccccc3C2CC1. The third kappa shape index (κ3) is 4.11. The summed E-state index contributed by atoms with van der Waals surface area (Å²) in [5.41, 5.74) is 14.7. The Morgan fingerprint density at radius 2 is 1.41 bits per heavy atom. The molecule has 3 aliphatic carbocycles. The van der Waals surface area contributed by atoms with Gasteiger partial charge >= 0.3 is 0 Å². The van der Waals surface area contributed by atoms with Gasteiger partial charge in [-0.1, -0.05) is 66.7 Å². The Hall–Kier alpha value is -5.29. The normalized spacial score (nSPS) is 17.5. The van der Waals surface area contributed by atoms with E-state index in [2.05, 4.69) is 93.8 Å². The van der Waals surface area contributed by atoms with Gasteiger partial charge in [0.15, 0.2) is 5.82 Å². The lowest BCUT2D eigenvalue weighted by atomic mass is 9.68. The van der Waals surface area contributed by atoms with Gasteiger partial charge in [-0.25, -0.2) is 15.0 Å². The van der Waals surface area contributed by atoms with Crippen molar-refractivity contribution in [2.45, 2.75) is 37.5 Å². The van der Waals surface area contributed by atoms with E-state index in [1.165, 1.54) is 45.4 Å². The largest absolute Gasteiger partial charge is 0.255 e. The predicted octanol–water partition coefficient (Wildman–Crippen LogP) is 8.63. The summed E-state index contributed by atoms with van der Waals surface area (Å²) in [5, 5.41) is 0. The Morgan fingerprint density at radius 1 is 0.591 bits per heavy atom. The highest BCUT2D eigenvalue weighted by Gasteiger charge is 2.33. The zero-order chi connectivity index (χ0) is 29.0. The smallest absolute Gasteiger partial charge is 0.178 e. The van der Waals surface area contributed by atoms with Crippen LogP contribution in [0, 0.1) is 0 Å². The monoisotopic (exact) mass is 567 g/mol. The second-order valence-corrected chi connectivity index (χ2v) is 12.0. The lowest BCUT2D eigenvalue weighted by Crippen LogP contribution is -2.18. The molecule has 0 saturated heterocycles. The minimum Gasteiger partial charge on any atom is -0.255 e. The molecular formula is C39H29N5. The van der Waals surface area contributed by atoms with Crippen LogP contribution in [0.25, 0.3) is 56.4 Å². The molecule has 210 valence electrons. The standard InChI is InChI=1S/C39H29N5/c1-2-9-31-29(7-1)30-8-3-4-10-32(30)34-20-26(13-16-33(31)34)27-15-17-35(41-21-27)28-22-42-39(43-23-28)36-18-14-25-12-11-24-6-5-19-40-37(24)38(25)44-36/h2-6,8-10,13-23,29,31H,1,7,11-12H2. The van der Waals surface area contributed by atoms with Gasteiger partial charge in [0.1, 0.15) is 5.69 Å². The summed E-state index contributed by atoms with van der Waals surface area (Å²) in [5.74, 6) is 1.62. The first-order valence-corrected chi connectivity index (χ1v) is 15.4. The lowest BCUT2D eigenvalue weighted by Gasteiger charge is -2.36. The van der Waals surface area contributed by atoms with Gasteiger partial charge in [0.05, 0.1) is 17.1 Å². The van der Waals surface area contributed by atoms with Crippen LogP contribution in [0.5, 0.6) is 0 Å². The van der Waals surface area contributed by atoms with Crippen molar-refractivity contribution < 1.29 is 0 Å². The van der Waals surface area contributed by atoms with E-state index >= 15 is 0 Å². The highest BCUT2D eigenvalue weighted by molar-refractivity contribution is 5.81. The molecule has 2 unspecified atom stereocenters. The van der Waals surface area contributed by atoms with Crippen molar-refractivity contribution >= 4 is 0 Å². The van der Waals surface area contributed by atoms with Gasteiger partial charge in [0, 0.05) is 41.8 Å². The van der Waals surface area contributed by atoms with E-state index in [4.69, 9.17) is 9.97 Å². The van der Waals surface area contributed by atoms with E-state index in [9.17, 15) is 0 Å². The van der Waals surface area contributed by atoms with Gasteiger partial charge in [-0.05, 0) is 94.8 Å². The molecule has 9 rings (SSSR count). The van der Waals surface area contributed by atoms with Crippen LogP contribution in [-0.4, -0.2) is 24.9 Å². The molecule has 0 saturated carbocycles. The van der Waals surface area contributed by atoms with Crippen molar-refractivity contribution in [2.75, 3.05) is 0 Å². The fourth-order valence-electron chi connectivity index (χ4n) is 7.30. The molecule has 0 spiro atoms. The third-order valence-electron chi connectivity index (χ3n) is 9.52. The van der Waals surface area contributed by atoms with E-state index in [0.29, 0.717) is 17.7 Å². The van der Waals surface area contributed by atoms with E-state index in [1.807, 2.05) is 36.9 Å². The molecule has 4 aromatic heterocycles. The number of allylic oxidation sites excluding steroid dienone is 2. The summed E-state index contributed by atoms with van der Waals surface area (Å²) < 4.78 is 0. The molecular weight excluding hydrogens is 538 g/mol. The minimum atomic E-state index is 0.454. The Kier molecular flexibility index (Phi) is 5.83. The molecule has 6 aromatic rings. The van der Waals surface area contributed by atoms with Crippen LogP contribution in [0.3, 0.4) is 0 Å². The number of aromatic nitrogens is 5. The third-order valence-corrected chi connectivity index (χ3v) is 9.52. The number of aryl methyl sites for hydroxylation is 2. The molecule has 44 heavy (non-hydrogen) atoms. The van der Waals surface area contributed by atoms with Crippen molar-refractivity contribution in [3.8, 4) is 56.4 Å². The molecule has 0 aliphatic heterocycles. The van der Waals surface area contributed by atoms with E-state index in [0.717, 1.165) is 53.2 Å². The van der Waals surface area contributed by atoms with Crippen molar-refractivity contribution in [3.63, 3.8) is 0 Å². The van der Waals surface area contributed by atoms with Crippen molar-refractivity contribution in [2.24, 2.45) is 0 Å². The second kappa shape index (κ2) is 10.2. The summed E-state index contributed by atoms with van der Waals surface area (Å²) in [6, 6.07) is 28.4. The lowest BCUT2D eigenvalue weighted by molar-refractivity contribution is 0.547. The Labute approximate surface area is 256 Å². The number of nitrogens with zero attached hydrogens (tertiary/aromatic N) is 5. The zero-order valence-electron chi connectivity index (χ0n) is 24.2. The number of hydrogen-bond donors (Lipinski definition) is 0. The van der Waals surface area contributed by atoms with Crippen LogP contribution in [0.4, 0.5) is 0 Å². The molecule has 4 heterocycles. The number of pyridine rings is 3. The number of hydrogen-bond acceptors (Lipinski definition) is 5. The fourth-order valence-corrected chi connectivity index (χ4v) is 7.30. The van der Waals surface area contributed by atoms with Gasteiger partial charge in [0.25, 0.3) is 0 Å². The zero-order valence-corrected chi connectivity index (χ0v) is 24.2. The average Bonchev–Trinajstić information content (AvgIpc) is 3.11. The second-order valence-electron chi connectivity index (χ2n) is 12.0. The maximum absolute atomic E-state index is 4.93. The first-order valence-electron chi connectivity index (χ1n) is 15.4. The molecule has 2 atom stereocenters. The summed E-state index contributed by atoms with van der Waals surface area (Å²) in [6.07, 6.45) is 16.6. The molecule has 0 N–H and O–H groups in total. The molecule has 0 radical (unpaired) electrons. The molecule has 0 bridgehead atoms. The van der Waals surface area contributed by atoms with E-state index < -0.39 is 0 Å². The quantitative estimate of drug-likeness (QED) is 0.200. The fraction of sp³-hybridized carbons (Fsp3) is 0.154.